The maximum Gasteiger partial charge on any atom is 0.122 e. The van der Waals surface area contributed by atoms with Gasteiger partial charge in [0.2, 0.25) is 0 Å². The molecule has 0 saturated heterocycles. The van der Waals surface area contributed by atoms with E-state index in [4.69, 9.17) is 9.47 Å². The molecule has 1 heterocycles. The molecule has 1 N–H and O–H groups in total. The predicted molar refractivity (Wildman–Crippen MR) is 88.2 cm³/mol. The molecule has 0 saturated carbocycles. The summed E-state index contributed by atoms with van der Waals surface area (Å²) in [7, 11) is 1.66. The minimum absolute atomic E-state index is 0.143. The number of nitrogens with one attached hydrogen (secondary N) is 1. The summed E-state index contributed by atoms with van der Waals surface area (Å²) in [5.74, 6) is 1.70. The lowest BCUT2D eigenvalue weighted by Crippen LogP contribution is -2.34. The van der Waals surface area contributed by atoms with E-state index in [1.54, 1.807) is 18.4 Å². The summed E-state index contributed by atoms with van der Waals surface area (Å²) in [6, 6.07) is 12.0. The van der Waals surface area contributed by atoms with Crippen LogP contribution in [-0.4, -0.2) is 12.6 Å². The smallest absolute Gasteiger partial charge is 0.122 e. The first kappa shape index (κ1) is 15.9. The van der Waals surface area contributed by atoms with Gasteiger partial charge in [0.15, 0.2) is 0 Å². The van der Waals surface area contributed by atoms with Crippen LogP contribution in [0, 0.1) is 0 Å². The van der Waals surface area contributed by atoms with Crippen LogP contribution in [0.1, 0.15) is 30.5 Å². The number of ether oxygens (including phenoxy) is 2. The van der Waals surface area contributed by atoms with Crippen LogP contribution in [0.5, 0.6) is 11.5 Å². The number of hydrogen-bond acceptors (Lipinski definition) is 4. The molecule has 0 atom stereocenters. The summed E-state index contributed by atoms with van der Waals surface area (Å²) in [6.07, 6.45) is 0. The van der Waals surface area contributed by atoms with Gasteiger partial charge < -0.3 is 14.8 Å². The molecule has 0 amide bonds. The minimum atomic E-state index is 0.143. The normalized spacial score (nSPS) is 11.4. The van der Waals surface area contributed by atoms with Crippen molar-refractivity contribution >= 4 is 11.3 Å². The largest absolute Gasteiger partial charge is 0.497 e. The molecule has 2 aromatic rings. The van der Waals surface area contributed by atoms with Gasteiger partial charge in [0.25, 0.3) is 0 Å². The molecule has 0 aliphatic rings. The molecule has 2 rings (SSSR count). The number of rotatable bonds is 6. The molecule has 0 bridgehead atoms. The summed E-state index contributed by atoms with van der Waals surface area (Å²) < 4.78 is 10.9. The van der Waals surface area contributed by atoms with E-state index in [1.807, 2.05) is 24.3 Å². The minimum Gasteiger partial charge on any atom is -0.497 e. The van der Waals surface area contributed by atoms with Gasteiger partial charge in [0.05, 0.1) is 7.11 Å². The number of benzene rings is 1. The molecule has 0 spiro atoms. The highest BCUT2D eigenvalue weighted by Gasteiger charge is 2.09. The van der Waals surface area contributed by atoms with E-state index in [0.29, 0.717) is 6.61 Å². The van der Waals surface area contributed by atoms with Gasteiger partial charge in [-0.05, 0) is 57.2 Å². The van der Waals surface area contributed by atoms with Crippen molar-refractivity contribution in [2.75, 3.05) is 7.11 Å². The second-order valence-corrected chi connectivity index (χ2v) is 7.19. The van der Waals surface area contributed by atoms with Crippen LogP contribution in [0.3, 0.4) is 0 Å². The summed E-state index contributed by atoms with van der Waals surface area (Å²) in [4.78, 5) is 2.56. The van der Waals surface area contributed by atoms with Gasteiger partial charge in [-0.1, -0.05) is 0 Å². The molecule has 4 heteroatoms. The van der Waals surface area contributed by atoms with E-state index in [9.17, 15) is 0 Å². The third-order valence-corrected chi connectivity index (χ3v) is 4.01. The van der Waals surface area contributed by atoms with Gasteiger partial charge in [0.1, 0.15) is 18.1 Å². The van der Waals surface area contributed by atoms with E-state index in [-0.39, 0.29) is 5.54 Å². The SMILES string of the molecule is COc1ccc(OCc2ccc(CNC(C)(C)C)s2)cc1. The maximum absolute atomic E-state index is 5.78. The molecular formula is C17H23NO2S. The fraction of sp³-hybridized carbons (Fsp3) is 0.412. The first-order valence-corrected chi connectivity index (χ1v) is 7.87. The standard InChI is InChI=1S/C17H23NO2S/c1-17(2,3)18-11-15-9-10-16(21-15)12-20-14-7-5-13(19-4)6-8-14/h5-10,18H,11-12H2,1-4H3. The van der Waals surface area contributed by atoms with Crippen LogP contribution in [-0.2, 0) is 13.2 Å². The summed E-state index contributed by atoms with van der Waals surface area (Å²) in [6.45, 7) is 8.03. The van der Waals surface area contributed by atoms with Crippen LogP contribution in [0.25, 0.3) is 0 Å². The van der Waals surface area contributed by atoms with Crippen molar-refractivity contribution in [3.63, 3.8) is 0 Å². The summed E-state index contributed by atoms with van der Waals surface area (Å²) >= 11 is 1.79. The molecule has 0 radical (unpaired) electrons. The Labute approximate surface area is 130 Å². The molecule has 21 heavy (non-hydrogen) atoms. The monoisotopic (exact) mass is 305 g/mol. The first-order chi connectivity index (χ1) is 9.96. The maximum atomic E-state index is 5.78. The molecule has 0 unspecified atom stereocenters. The average Bonchev–Trinajstić information content (AvgIpc) is 2.91. The van der Waals surface area contributed by atoms with Crippen molar-refractivity contribution in [2.45, 2.75) is 39.5 Å². The topological polar surface area (TPSA) is 30.5 Å². The Bertz CT molecular complexity index is 555. The molecule has 0 fully saturated rings. The summed E-state index contributed by atoms with van der Waals surface area (Å²) in [5.41, 5.74) is 0.143. The molecule has 0 aliphatic carbocycles. The predicted octanol–water partition coefficient (Wildman–Crippen LogP) is 4.22. The van der Waals surface area contributed by atoms with Crippen molar-refractivity contribution < 1.29 is 9.47 Å². The highest BCUT2D eigenvalue weighted by molar-refractivity contribution is 7.11. The van der Waals surface area contributed by atoms with E-state index in [1.165, 1.54) is 9.75 Å². The lowest BCUT2D eigenvalue weighted by Gasteiger charge is -2.19. The Morgan fingerprint density at radius 2 is 1.57 bits per heavy atom. The van der Waals surface area contributed by atoms with Crippen molar-refractivity contribution in [1.29, 1.82) is 0 Å². The number of thiophene rings is 1. The molecular weight excluding hydrogens is 282 g/mol. The van der Waals surface area contributed by atoms with Crippen molar-refractivity contribution in [3.05, 3.63) is 46.2 Å². The molecule has 1 aromatic heterocycles. The quantitative estimate of drug-likeness (QED) is 0.866. The van der Waals surface area contributed by atoms with E-state index >= 15 is 0 Å². The van der Waals surface area contributed by atoms with Gasteiger partial charge in [-0.25, -0.2) is 0 Å². The van der Waals surface area contributed by atoms with E-state index in [0.717, 1.165) is 18.0 Å². The fourth-order valence-electron chi connectivity index (χ4n) is 1.77. The molecule has 0 aliphatic heterocycles. The van der Waals surface area contributed by atoms with Crippen LogP contribution >= 0.6 is 11.3 Å². The van der Waals surface area contributed by atoms with Gasteiger partial charge in [0, 0.05) is 21.8 Å². The second-order valence-electron chi connectivity index (χ2n) is 5.94. The van der Waals surface area contributed by atoms with E-state index in [2.05, 4.69) is 38.2 Å². The Morgan fingerprint density at radius 1 is 0.952 bits per heavy atom. The zero-order chi connectivity index (χ0) is 15.3. The van der Waals surface area contributed by atoms with Crippen molar-refractivity contribution in [2.24, 2.45) is 0 Å². The van der Waals surface area contributed by atoms with Gasteiger partial charge in [-0.2, -0.15) is 0 Å². The Kier molecular flexibility index (Phi) is 5.26. The Balaban J connectivity index is 1.84. The van der Waals surface area contributed by atoms with Crippen LogP contribution in [0.4, 0.5) is 0 Å². The van der Waals surface area contributed by atoms with Crippen LogP contribution < -0.4 is 14.8 Å². The molecule has 3 nitrogen and oxygen atoms in total. The number of hydrogen-bond donors (Lipinski definition) is 1. The lowest BCUT2D eigenvalue weighted by molar-refractivity contribution is 0.309. The summed E-state index contributed by atoms with van der Waals surface area (Å²) in [5, 5.41) is 3.49. The Morgan fingerprint density at radius 3 is 2.19 bits per heavy atom. The third kappa shape index (κ3) is 5.40. The van der Waals surface area contributed by atoms with Crippen molar-refractivity contribution in [3.8, 4) is 11.5 Å². The number of methoxy groups -OCH3 is 1. The first-order valence-electron chi connectivity index (χ1n) is 7.06. The van der Waals surface area contributed by atoms with Crippen LogP contribution in [0.2, 0.25) is 0 Å². The fourth-order valence-corrected chi connectivity index (χ4v) is 2.64. The van der Waals surface area contributed by atoms with E-state index < -0.39 is 0 Å². The highest BCUT2D eigenvalue weighted by Crippen LogP contribution is 2.21. The third-order valence-electron chi connectivity index (χ3n) is 2.95. The molecule has 1 aromatic carbocycles. The lowest BCUT2D eigenvalue weighted by atomic mass is 10.1. The average molecular weight is 305 g/mol. The van der Waals surface area contributed by atoms with Gasteiger partial charge >= 0.3 is 0 Å². The van der Waals surface area contributed by atoms with Crippen LogP contribution in [0.15, 0.2) is 36.4 Å². The second kappa shape index (κ2) is 6.96. The zero-order valence-corrected chi connectivity index (χ0v) is 13.9. The highest BCUT2D eigenvalue weighted by atomic mass is 32.1. The van der Waals surface area contributed by atoms with Crippen molar-refractivity contribution in [1.82, 2.24) is 5.32 Å². The molecule has 114 valence electrons. The Hall–Kier alpha value is -1.52. The zero-order valence-electron chi connectivity index (χ0n) is 13.1. The van der Waals surface area contributed by atoms with Gasteiger partial charge in [-0.3, -0.25) is 0 Å². The van der Waals surface area contributed by atoms with Gasteiger partial charge in [-0.15, -0.1) is 11.3 Å².